The molecule has 132 valence electrons. The van der Waals surface area contributed by atoms with E-state index in [0.717, 1.165) is 18.9 Å². The minimum absolute atomic E-state index is 0.00290. The van der Waals surface area contributed by atoms with Crippen molar-refractivity contribution in [2.24, 2.45) is 5.92 Å². The van der Waals surface area contributed by atoms with Crippen molar-refractivity contribution >= 4 is 11.9 Å². The van der Waals surface area contributed by atoms with Crippen LogP contribution in [-0.2, 0) is 20.9 Å². The molecule has 2 rings (SSSR count). The standard InChI is InChI=1S/C17H21F2NO4/c1-11(24-10-12-5-6-12)17(23)20(8-7-15(21)22)9-13-3-2-4-14(18)16(13)19/h2-4,11-12H,5-10H2,1H3,(H,21,22)/t11-/m0/s1. The molecule has 0 heterocycles. The van der Waals surface area contributed by atoms with Gasteiger partial charge in [-0.15, -0.1) is 0 Å². The molecule has 1 saturated carbocycles. The number of benzene rings is 1. The highest BCUT2D eigenvalue weighted by atomic mass is 19.2. The van der Waals surface area contributed by atoms with Crippen LogP contribution in [-0.4, -0.2) is 41.1 Å². The Kier molecular flexibility index (Phi) is 6.25. The van der Waals surface area contributed by atoms with Gasteiger partial charge in [0.25, 0.3) is 5.91 Å². The zero-order valence-corrected chi connectivity index (χ0v) is 13.5. The normalized spacial score (nSPS) is 15.1. The number of hydrogen-bond acceptors (Lipinski definition) is 3. The molecule has 0 bridgehead atoms. The van der Waals surface area contributed by atoms with E-state index in [1.165, 1.54) is 17.0 Å². The zero-order chi connectivity index (χ0) is 17.7. The number of aliphatic carboxylic acids is 1. The molecule has 1 aliphatic carbocycles. The smallest absolute Gasteiger partial charge is 0.305 e. The average Bonchev–Trinajstić information content (AvgIpc) is 3.36. The molecule has 1 fully saturated rings. The number of halogens is 2. The molecule has 0 spiro atoms. The summed E-state index contributed by atoms with van der Waals surface area (Å²) in [6.07, 6.45) is 1.13. The van der Waals surface area contributed by atoms with Crippen molar-refractivity contribution in [2.45, 2.75) is 38.8 Å². The third-order valence-corrected chi connectivity index (χ3v) is 3.93. The molecular weight excluding hydrogens is 320 g/mol. The van der Waals surface area contributed by atoms with E-state index in [4.69, 9.17) is 9.84 Å². The van der Waals surface area contributed by atoms with Crippen LogP contribution in [0.1, 0.15) is 31.7 Å². The predicted molar refractivity (Wildman–Crippen MR) is 82.2 cm³/mol. The number of hydrogen-bond donors (Lipinski definition) is 1. The summed E-state index contributed by atoms with van der Waals surface area (Å²) in [5.41, 5.74) is 0.00290. The maximum absolute atomic E-state index is 13.8. The topological polar surface area (TPSA) is 66.8 Å². The zero-order valence-electron chi connectivity index (χ0n) is 13.5. The van der Waals surface area contributed by atoms with E-state index in [-0.39, 0.29) is 25.1 Å². The quantitative estimate of drug-likeness (QED) is 0.750. The number of amides is 1. The summed E-state index contributed by atoms with van der Waals surface area (Å²) in [7, 11) is 0. The first kappa shape index (κ1) is 18.3. The monoisotopic (exact) mass is 341 g/mol. The summed E-state index contributed by atoms with van der Waals surface area (Å²) in [5, 5.41) is 8.83. The van der Waals surface area contributed by atoms with E-state index in [0.29, 0.717) is 12.5 Å². The lowest BCUT2D eigenvalue weighted by atomic mass is 10.1. The largest absolute Gasteiger partial charge is 0.481 e. The van der Waals surface area contributed by atoms with Gasteiger partial charge in [0.2, 0.25) is 0 Å². The highest BCUT2D eigenvalue weighted by molar-refractivity contribution is 5.81. The first-order valence-electron chi connectivity index (χ1n) is 7.93. The van der Waals surface area contributed by atoms with Gasteiger partial charge < -0.3 is 14.7 Å². The fraction of sp³-hybridized carbons (Fsp3) is 0.529. The second-order valence-electron chi connectivity index (χ2n) is 6.04. The lowest BCUT2D eigenvalue weighted by Gasteiger charge is -2.25. The number of carbonyl (C=O) groups is 2. The van der Waals surface area contributed by atoms with Crippen molar-refractivity contribution in [2.75, 3.05) is 13.2 Å². The van der Waals surface area contributed by atoms with Gasteiger partial charge >= 0.3 is 5.97 Å². The highest BCUT2D eigenvalue weighted by Gasteiger charge is 2.27. The molecule has 0 aliphatic heterocycles. The lowest BCUT2D eigenvalue weighted by molar-refractivity contribution is -0.145. The number of ether oxygens (including phenoxy) is 1. The van der Waals surface area contributed by atoms with Gasteiger partial charge in [0.1, 0.15) is 6.10 Å². The van der Waals surface area contributed by atoms with Gasteiger partial charge in [-0.3, -0.25) is 9.59 Å². The molecule has 5 nitrogen and oxygen atoms in total. The summed E-state index contributed by atoms with van der Waals surface area (Å²) in [4.78, 5) is 24.5. The van der Waals surface area contributed by atoms with Crippen LogP contribution >= 0.6 is 0 Å². The Bertz CT molecular complexity index is 604. The Morgan fingerprint density at radius 2 is 2.08 bits per heavy atom. The molecule has 0 unspecified atom stereocenters. The van der Waals surface area contributed by atoms with Crippen LogP contribution in [0.4, 0.5) is 8.78 Å². The van der Waals surface area contributed by atoms with E-state index in [9.17, 15) is 18.4 Å². The summed E-state index contributed by atoms with van der Waals surface area (Å²) in [5.74, 6) is -3.05. The average molecular weight is 341 g/mol. The third-order valence-electron chi connectivity index (χ3n) is 3.93. The maximum Gasteiger partial charge on any atom is 0.305 e. The molecule has 0 radical (unpaired) electrons. The molecule has 7 heteroatoms. The summed E-state index contributed by atoms with van der Waals surface area (Å²) >= 11 is 0. The second-order valence-corrected chi connectivity index (χ2v) is 6.04. The molecule has 1 atom stereocenters. The molecule has 24 heavy (non-hydrogen) atoms. The highest BCUT2D eigenvalue weighted by Crippen LogP contribution is 2.29. The van der Waals surface area contributed by atoms with Crippen LogP contribution in [0.25, 0.3) is 0 Å². The van der Waals surface area contributed by atoms with Gasteiger partial charge in [-0.25, -0.2) is 8.78 Å². The van der Waals surface area contributed by atoms with Gasteiger partial charge in [-0.05, 0) is 31.7 Å². The van der Waals surface area contributed by atoms with Gasteiger partial charge in [0.15, 0.2) is 11.6 Å². The van der Waals surface area contributed by atoms with Crippen molar-refractivity contribution in [1.82, 2.24) is 4.90 Å². The molecular formula is C17H21F2NO4. The Hall–Kier alpha value is -2.02. The fourth-order valence-electron chi connectivity index (χ4n) is 2.27. The van der Waals surface area contributed by atoms with E-state index in [2.05, 4.69) is 0 Å². The van der Waals surface area contributed by atoms with Gasteiger partial charge in [0, 0.05) is 18.7 Å². The summed E-state index contributed by atoms with van der Waals surface area (Å²) < 4.78 is 32.7. The second kappa shape index (κ2) is 8.19. The van der Waals surface area contributed by atoms with Crippen LogP contribution in [0.15, 0.2) is 18.2 Å². The Labute approximate surface area is 139 Å². The first-order valence-corrected chi connectivity index (χ1v) is 7.93. The fourth-order valence-corrected chi connectivity index (χ4v) is 2.27. The molecule has 1 amide bonds. The van der Waals surface area contributed by atoms with Gasteiger partial charge in [0.05, 0.1) is 13.0 Å². The number of nitrogens with zero attached hydrogens (tertiary/aromatic N) is 1. The predicted octanol–water partition coefficient (Wildman–Crippen LogP) is 2.58. The Morgan fingerprint density at radius 1 is 1.38 bits per heavy atom. The summed E-state index contributed by atoms with van der Waals surface area (Å²) in [6, 6.07) is 3.71. The number of carbonyl (C=O) groups excluding carboxylic acids is 1. The van der Waals surface area contributed by atoms with E-state index in [1.807, 2.05) is 0 Å². The molecule has 1 aromatic rings. The van der Waals surface area contributed by atoms with Crippen molar-refractivity contribution in [1.29, 1.82) is 0 Å². The third kappa shape index (κ3) is 5.26. The number of carboxylic acid groups (broad SMARTS) is 1. The van der Waals surface area contributed by atoms with Crippen LogP contribution in [0.3, 0.4) is 0 Å². The van der Waals surface area contributed by atoms with E-state index < -0.39 is 29.6 Å². The van der Waals surface area contributed by atoms with Crippen molar-refractivity contribution in [3.63, 3.8) is 0 Å². The van der Waals surface area contributed by atoms with Crippen LogP contribution in [0.5, 0.6) is 0 Å². The van der Waals surface area contributed by atoms with Gasteiger partial charge in [-0.2, -0.15) is 0 Å². The molecule has 0 saturated heterocycles. The van der Waals surface area contributed by atoms with Crippen molar-refractivity contribution in [3.8, 4) is 0 Å². The van der Waals surface area contributed by atoms with Crippen molar-refractivity contribution < 1.29 is 28.2 Å². The molecule has 1 aromatic carbocycles. The molecule has 1 N–H and O–H groups in total. The van der Waals surface area contributed by atoms with E-state index >= 15 is 0 Å². The summed E-state index contributed by atoms with van der Waals surface area (Å²) in [6.45, 7) is 1.77. The first-order chi connectivity index (χ1) is 11.4. The maximum atomic E-state index is 13.8. The SMILES string of the molecule is C[C@H](OCC1CC1)C(=O)N(CCC(=O)O)Cc1cccc(F)c1F. The lowest BCUT2D eigenvalue weighted by Crippen LogP contribution is -2.40. The number of rotatable bonds is 9. The minimum Gasteiger partial charge on any atom is -0.481 e. The van der Waals surface area contributed by atoms with E-state index in [1.54, 1.807) is 6.92 Å². The minimum atomic E-state index is -1.07. The van der Waals surface area contributed by atoms with Crippen LogP contribution in [0, 0.1) is 17.6 Å². The molecule has 0 aromatic heterocycles. The Morgan fingerprint density at radius 3 is 2.71 bits per heavy atom. The van der Waals surface area contributed by atoms with Crippen LogP contribution < -0.4 is 0 Å². The number of carboxylic acids is 1. The van der Waals surface area contributed by atoms with Crippen molar-refractivity contribution in [3.05, 3.63) is 35.4 Å². The molecule has 1 aliphatic rings. The Balaban J connectivity index is 2.05. The van der Waals surface area contributed by atoms with Crippen LogP contribution in [0.2, 0.25) is 0 Å². The van der Waals surface area contributed by atoms with Gasteiger partial charge in [-0.1, -0.05) is 12.1 Å².